The van der Waals surface area contributed by atoms with Gasteiger partial charge in [-0.2, -0.15) is 14.3 Å². The van der Waals surface area contributed by atoms with Crippen LogP contribution in [0.2, 0.25) is 0 Å². The molecule has 2 N–H and O–H groups in total. The third-order valence-corrected chi connectivity index (χ3v) is 12.0. The van der Waals surface area contributed by atoms with E-state index in [1.807, 2.05) is 4.90 Å². The van der Waals surface area contributed by atoms with Crippen molar-refractivity contribution in [3.05, 3.63) is 53.3 Å². The highest BCUT2D eigenvalue weighted by Crippen LogP contribution is 2.47. The van der Waals surface area contributed by atoms with E-state index in [2.05, 4.69) is 21.1 Å². The predicted molar refractivity (Wildman–Crippen MR) is 184 cm³/mol. The van der Waals surface area contributed by atoms with Gasteiger partial charge >= 0.3 is 6.01 Å². The molecule has 1 saturated carbocycles. The summed E-state index contributed by atoms with van der Waals surface area (Å²) in [5.74, 6) is -0.263. The van der Waals surface area contributed by atoms with Crippen molar-refractivity contribution in [1.29, 1.82) is 0 Å². The van der Waals surface area contributed by atoms with Gasteiger partial charge in [0.1, 0.15) is 28.7 Å². The number of piperazine rings is 2. The molecule has 8 rings (SSSR count). The summed E-state index contributed by atoms with van der Waals surface area (Å²) in [5, 5.41) is 14.7. The summed E-state index contributed by atoms with van der Waals surface area (Å²) >= 11 is 0. The Balaban J connectivity index is 1.18. The maximum absolute atomic E-state index is 16.9. The van der Waals surface area contributed by atoms with Crippen LogP contribution in [0.5, 0.6) is 11.8 Å². The molecular weight excluding hydrogens is 669 g/mol. The lowest BCUT2D eigenvalue weighted by Gasteiger charge is -2.35. The molecule has 2 atom stereocenters. The molecule has 4 heterocycles. The van der Waals surface area contributed by atoms with Crippen LogP contribution >= 0.6 is 0 Å². The van der Waals surface area contributed by atoms with Gasteiger partial charge in [-0.05, 0) is 55.3 Å². The number of nitrogens with zero attached hydrogens (tertiary/aromatic N) is 5. The Kier molecular flexibility index (Phi) is 8.09. The number of phenols is 1. The Labute approximate surface area is 288 Å². The zero-order chi connectivity index (χ0) is 34.9. The molecule has 3 saturated heterocycles. The number of aromatic hydroxyl groups is 1. The minimum absolute atomic E-state index is 0.0425. The van der Waals surface area contributed by atoms with E-state index in [1.165, 1.54) is 34.8 Å². The van der Waals surface area contributed by atoms with Crippen LogP contribution in [0.15, 0.2) is 30.3 Å². The van der Waals surface area contributed by atoms with Crippen LogP contribution in [0, 0.1) is 35.2 Å². The Morgan fingerprint density at radius 2 is 1.76 bits per heavy atom. The van der Waals surface area contributed by atoms with Crippen molar-refractivity contribution >= 4 is 37.5 Å². The zero-order valence-electron chi connectivity index (χ0n) is 27.6. The van der Waals surface area contributed by atoms with Crippen LogP contribution in [0.1, 0.15) is 31.2 Å². The van der Waals surface area contributed by atoms with Crippen LogP contribution in [0.4, 0.5) is 19.0 Å². The molecule has 1 aromatic heterocycles. The monoisotopic (exact) mass is 706 g/mol. The fraction of sp³-hybridized carbons (Fsp3) is 0.444. The van der Waals surface area contributed by atoms with E-state index in [4.69, 9.17) is 16.1 Å². The number of benzene rings is 3. The summed E-state index contributed by atoms with van der Waals surface area (Å²) in [7, 11) is -3.24. The van der Waals surface area contributed by atoms with Gasteiger partial charge in [0.25, 0.3) is 0 Å². The quantitative estimate of drug-likeness (QED) is 0.260. The van der Waals surface area contributed by atoms with E-state index in [0.29, 0.717) is 57.0 Å². The van der Waals surface area contributed by atoms with Crippen molar-refractivity contribution in [2.24, 2.45) is 5.41 Å². The molecule has 50 heavy (non-hydrogen) atoms. The first-order chi connectivity index (χ1) is 23.9. The summed E-state index contributed by atoms with van der Waals surface area (Å²) in [6.45, 7) is 4.28. The molecule has 3 aromatic carbocycles. The van der Waals surface area contributed by atoms with Crippen molar-refractivity contribution in [3.63, 3.8) is 0 Å². The predicted octanol–water partition coefficient (Wildman–Crippen LogP) is 4.23. The summed E-state index contributed by atoms with van der Waals surface area (Å²) in [5.41, 5.74) is -1.11. The van der Waals surface area contributed by atoms with E-state index >= 15 is 8.78 Å². The number of halogens is 3. The molecule has 4 aliphatic rings. The molecule has 0 spiro atoms. The molecule has 4 aromatic rings. The fourth-order valence-electron chi connectivity index (χ4n) is 7.88. The molecule has 262 valence electrons. The number of sulfonamides is 1. The second kappa shape index (κ2) is 12.3. The number of nitrogens with one attached hydrogen (secondary N) is 1. The molecule has 10 nitrogen and oxygen atoms in total. The third-order valence-electron chi connectivity index (χ3n) is 10.6. The summed E-state index contributed by atoms with van der Waals surface area (Å²) < 4.78 is 79.8. The standard InChI is InChI=1S/C36H37F3N6O4S/c1-3-25-28(37)7-4-21-14-24(46)15-26(30(21)25)31-29(38)16-27-33(32(31)39)41-35(42-34(27)44-17-22-5-6-23(18-44)40-22)49-20-36(8-9-36)19-43-10-12-45(13-11-43)50(2,47)48/h1,4,7,14-16,22-23,40,46H,5-6,8-13,17-20H2,2H3. The largest absolute Gasteiger partial charge is 0.508 e. The summed E-state index contributed by atoms with van der Waals surface area (Å²) in [4.78, 5) is 13.5. The van der Waals surface area contributed by atoms with Crippen molar-refractivity contribution < 1.29 is 31.4 Å². The molecule has 4 fully saturated rings. The number of terminal acetylenes is 1. The Hall–Kier alpha value is -4.16. The van der Waals surface area contributed by atoms with Gasteiger partial charge in [-0.3, -0.25) is 0 Å². The van der Waals surface area contributed by atoms with E-state index in [0.717, 1.165) is 31.7 Å². The first-order valence-corrected chi connectivity index (χ1v) is 18.7. The van der Waals surface area contributed by atoms with Gasteiger partial charge in [0.15, 0.2) is 5.82 Å². The molecule has 3 aliphatic heterocycles. The van der Waals surface area contributed by atoms with Crippen LogP contribution in [-0.2, 0) is 10.0 Å². The van der Waals surface area contributed by atoms with Crippen LogP contribution in [0.25, 0.3) is 32.8 Å². The van der Waals surface area contributed by atoms with Crippen molar-refractivity contribution in [1.82, 2.24) is 24.5 Å². The smallest absolute Gasteiger partial charge is 0.319 e. The van der Waals surface area contributed by atoms with Crippen LogP contribution < -0.4 is 15.0 Å². The normalized spacial score (nSPS) is 22.3. The highest BCUT2D eigenvalue weighted by atomic mass is 32.2. The van der Waals surface area contributed by atoms with Gasteiger partial charge in [-0.15, -0.1) is 6.42 Å². The van der Waals surface area contributed by atoms with Gasteiger partial charge in [0.2, 0.25) is 10.0 Å². The SMILES string of the molecule is C#Cc1c(F)ccc2cc(O)cc(-c3c(F)cc4c(N5CC6CCC(C5)N6)nc(OCC5(CN6CCN(S(C)(=O)=O)CC6)CC5)nc4c3F)c12. The number of rotatable bonds is 8. The average molecular weight is 707 g/mol. The second-order valence-electron chi connectivity index (χ2n) is 14.2. The molecule has 2 bridgehead atoms. The van der Waals surface area contributed by atoms with Gasteiger partial charge in [0.05, 0.1) is 24.0 Å². The van der Waals surface area contributed by atoms with Gasteiger partial charge in [-0.1, -0.05) is 12.0 Å². The summed E-state index contributed by atoms with van der Waals surface area (Å²) in [6.07, 6.45) is 10.7. The van der Waals surface area contributed by atoms with Gasteiger partial charge in [-0.25, -0.2) is 21.6 Å². The van der Waals surface area contributed by atoms with Crippen LogP contribution in [-0.4, -0.2) is 103 Å². The molecule has 0 radical (unpaired) electrons. The maximum atomic E-state index is 16.9. The van der Waals surface area contributed by atoms with Crippen molar-refractivity contribution in [3.8, 4) is 35.2 Å². The Morgan fingerprint density at radius 3 is 2.42 bits per heavy atom. The number of hydrogen-bond donors (Lipinski definition) is 2. The van der Waals surface area contributed by atoms with Crippen molar-refractivity contribution in [2.75, 3.05) is 63.6 Å². The lowest BCUT2D eigenvalue weighted by atomic mass is 9.92. The lowest BCUT2D eigenvalue weighted by Crippen LogP contribution is -2.51. The third kappa shape index (κ3) is 6.00. The molecule has 2 unspecified atom stereocenters. The van der Waals surface area contributed by atoms with Crippen LogP contribution in [0.3, 0.4) is 0 Å². The Bertz CT molecular complexity index is 2170. The van der Waals surface area contributed by atoms with E-state index in [9.17, 15) is 17.9 Å². The van der Waals surface area contributed by atoms with E-state index < -0.39 is 33.0 Å². The molecular formula is C36H37F3N6O4S. The highest BCUT2D eigenvalue weighted by Gasteiger charge is 2.46. The number of ether oxygens (including phenoxy) is 1. The number of aromatic nitrogens is 2. The minimum atomic E-state index is -3.24. The first kappa shape index (κ1) is 33.0. The molecule has 14 heteroatoms. The van der Waals surface area contributed by atoms with Gasteiger partial charge in [0, 0.05) is 79.6 Å². The number of fused-ring (bicyclic) bond motifs is 4. The van der Waals surface area contributed by atoms with E-state index in [-0.39, 0.29) is 63.3 Å². The first-order valence-electron chi connectivity index (χ1n) is 16.8. The number of anilines is 1. The van der Waals surface area contributed by atoms with Gasteiger partial charge < -0.3 is 25.0 Å². The van der Waals surface area contributed by atoms with E-state index in [1.54, 1.807) is 0 Å². The van der Waals surface area contributed by atoms with Crippen molar-refractivity contribution in [2.45, 2.75) is 37.8 Å². The maximum Gasteiger partial charge on any atom is 0.319 e. The lowest BCUT2D eigenvalue weighted by molar-refractivity contribution is 0.124. The number of phenolic OH excluding ortho intramolecular Hbond substituents is 1. The molecule has 1 aliphatic carbocycles. The average Bonchev–Trinajstić information content (AvgIpc) is 3.76. The minimum Gasteiger partial charge on any atom is -0.508 e. The zero-order valence-corrected chi connectivity index (χ0v) is 28.4. The topological polar surface area (TPSA) is 111 Å². The second-order valence-corrected chi connectivity index (χ2v) is 16.2. The summed E-state index contributed by atoms with van der Waals surface area (Å²) in [6, 6.07) is 6.67. The fourth-order valence-corrected chi connectivity index (χ4v) is 8.71. The number of hydrogen-bond acceptors (Lipinski definition) is 9. The molecule has 0 amide bonds. The Morgan fingerprint density at radius 1 is 1.04 bits per heavy atom. The highest BCUT2D eigenvalue weighted by molar-refractivity contribution is 7.88.